The van der Waals surface area contributed by atoms with E-state index < -0.39 is 96.6 Å². The predicted molar refractivity (Wildman–Crippen MR) is 234 cm³/mol. The maximum Gasteiger partial charge on any atom is 0.274 e. The molecule has 0 bridgehead atoms. The van der Waals surface area contributed by atoms with E-state index in [0.29, 0.717) is 5.92 Å². The molecule has 27 nitrogen and oxygen atoms in total. The summed E-state index contributed by atoms with van der Waals surface area (Å²) < 4.78 is 60.8. The van der Waals surface area contributed by atoms with Crippen LogP contribution < -0.4 is 41.0 Å². The number of phosphoric acid groups is 3. The van der Waals surface area contributed by atoms with E-state index in [1.807, 2.05) is 13.8 Å². The predicted octanol–water partition coefficient (Wildman–Crippen LogP) is -1.72. The first-order valence-corrected chi connectivity index (χ1v) is 27.2. The Morgan fingerprint density at radius 3 is 2.22 bits per heavy atom. The summed E-state index contributed by atoms with van der Waals surface area (Å²) >= 11 is 0.947. The maximum absolute atomic E-state index is 12.7. The summed E-state index contributed by atoms with van der Waals surface area (Å²) in [6, 6.07) is 0. The molecular formula is C38H61N7O20P3S-5. The Balaban J connectivity index is 1.35. The molecule has 394 valence electrons. The number of amides is 2. The first-order chi connectivity index (χ1) is 32.0. The Kier molecular flexibility index (Phi) is 23.7. The molecule has 1 saturated heterocycles. The van der Waals surface area contributed by atoms with Gasteiger partial charge in [0.1, 0.15) is 36.3 Å². The molecule has 0 aromatic carbocycles. The molecule has 1 aliphatic rings. The fraction of sp³-hybridized carbons (Fsp3) is 0.763. The van der Waals surface area contributed by atoms with Gasteiger partial charge < -0.3 is 84.0 Å². The first-order valence-electron chi connectivity index (χ1n) is 21.9. The van der Waals surface area contributed by atoms with Crippen molar-refractivity contribution in [3.8, 4) is 0 Å². The van der Waals surface area contributed by atoms with Crippen LogP contribution in [-0.4, -0.2) is 120 Å². The molecule has 2 aromatic rings. The number of nitrogens with one attached hydrogen (secondary N) is 2. The van der Waals surface area contributed by atoms with Gasteiger partial charge in [0.2, 0.25) is 11.8 Å². The number of ether oxygens (including phenoxy) is 1. The summed E-state index contributed by atoms with van der Waals surface area (Å²) in [4.78, 5) is 108. The van der Waals surface area contributed by atoms with Gasteiger partial charge in [-0.25, -0.2) is 19.3 Å². The van der Waals surface area contributed by atoms with Crippen molar-refractivity contribution in [2.75, 3.05) is 37.8 Å². The Bertz CT molecular complexity index is 2170. The van der Waals surface area contributed by atoms with E-state index in [9.17, 15) is 72.9 Å². The van der Waals surface area contributed by atoms with E-state index in [-0.39, 0.29) is 72.0 Å². The van der Waals surface area contributed by atoms with Gasteiger partial charge in [-0.3, -0.25) is 28.1 Å². The summed E-state index contributed by atoms with van der Waals surface area (Å²) in [5, 5.41) is 47.3. The highest BCUT2D eigenvalue weighted by Gasteiger charge is 2.47. The molecular weight excluding hydrogens is 999 g/mol. The number of nitrogens with zero attached hydrogens (tertiary/aromatic N) is 4. The van der Waals surface area contributed by atoms with E-state index in [1.165, 1.54) is 13.8 Å². The normalized spacial score (nSPS) is 21.7. The lowest BCUT2D eigenvalue weighted by atomic mass is 9.87. The van der Waals surface area contributed by atoms with Gasteiger partial charge >= 0.3 is 0 Å². The van der Waals surface area contributed by atoms with Crippen molar-refractivity contribution in [3.05, 3.63) is 12.7 Å². The quantitative estimate of drug-likeness (QED) is 0.0350. The zero-order valence-corrected chi connectivity index (χ0v) is 42.1. The Morgan fingerprint density at radius 2 is 1.57 bits per heavy atom. The van der Waals surface area contributed by atoms with Gasteiger partial charge in [-0.1, -0.05) is 78.5 Å². The van der Waals surface area contributed by atoms with E-state index >= 15 is 0 Å². The highest BCUT2D eigenvalue weighted by Crippen LogP contribution is 2.56. The molecule has 1 fully saturated rings. The van der Waals surface area contributed by atoms with Crippen LogP contribution in [0.15, 0.2) is 12.7 Å². The zero-order chi connectivity index (χ0) is 51.9. The molecule has 2 aromatic heterocycles. The lowest BCUT2D eigenvalue weighted by molar-refractivity contribution is -0.347. The number of nitrogen functional groups attached to an aromatic ring is 1. The van der Waals surface area contributed by atoms with Crippen LogP contribution in [0, 0.1) is 23.2 Å². The summed E-state index contributed by atoms with van der Waals surface area (Å²) in [7, 11) is -17.7. The number of carbonyl (C=O) groups is 4. The first kappa shape index (κ1) is 60.3. The van der Waals surface area contributed by atoms with Gasteiger partial charge in [-0.15, -0.1) is 0 Å². The minimum Gasteiger partial charge on any atom is -0.790 e. The molecule has 0 radical (unpaired) electrons. The highest BCUT2D eigenvalue weighted by molar-refractivity contribution is 8.13. The molecule has 0 saturated carbocycles. The third kappa shape index (κ3) is 20.9. The third-order valence-electron chi connectivity index (χ3n) is 11.0. The minimum absolute atomic E-state index is 0.0317. The van der Waals surface area contributed by atoms with Gasteiger partial charge in [0.15, 0.2) is 22.8 Å². The van der Waals surface area contributed by atoms with Gasteiger partial charge in [-0.05, 0) is 30.6 Å². The van der Waals surface area contributed by atoms with Crippen molar-refractivity contribution >= 4 is 75.1 Å². The second-order valence-electron chi connectivity index (χ2n) is 17.6. The number of carbonyl (C=O) groups excluding carboxylic acids is 4. The maximum atomic E-state index is 12.7. The highest BCUT2D eigenvalue weighted by atomic mass is 32.2. The molecule has 1 aliphatic heterocycles. The topological polar surface area (TPSA) is 435 Å². The summed E-state index contributed by atoms with van der Waals surface area (Å²) in [6.45, 7) is 5.79. The van der Waals surface area contributed by atoms with Gasteiger partial charge in [-0.2, -0.15) is 0 Å². The van der Waals surface area contributed by atoms with Gasteiger partial charge in [0.25, 0.3) is 15.6 Å². The Morgan fingerprint density at radius 1 is 0.928 bits per heavy atom. The molecule has 0 spiro atoms. The summed E-state index contributed by atoms with van der Waals surface area (Å²) in [5.74, 6) is -2.05. The number of aliphatic carboxylic acids is 1. The number of carboxylic acids is 1. The molecule has 6 unspecified atom stereocenters. The van der Waals surface area contributed by atoms with Crippen LogP contribution >= 0.6 is 35.2 Å². The molecule has 31 heteroatoms. The largest absolute Gasteiger partial charge is 0.790 e. The van der Waals surface area contributed by atoms with Crippen LogP contribution in [0.3, 0.4) is 0 Å². The van der Waals surface area contributed by atoms with Crippen LogP contribution in [0.25, 0.3) is 11.2 Å². The average molecular weight is 1060 g/mol. The number of carboxylic acid groups (broad SMARTS) is 1. The third-order valence-corrected chi connectivity index (χ3v) is 14.9. The second kappa shape index (κ2) is 27.2. The second-order valence-corrected chi connectivity index (χ2v) is 22.8. The number of rotatable bonds is 32. The zero-order valence-electron chi connectivity index (χ0n) is 38.6. The van der Waals surface area contributed by atoms with Crippen molar-refractivity contribution in [1.82, 2.24) is 30.2 Å². The number of hydrogen-bond acceptors (Lipinski definition) is 25. The SMILES string of the molecule is CC(CCCC(C)CC(=O)[O-])CCCC(C)C(O)CC(=O)SCCNC(=O)CCNC(=O)[C@H](O)C(C)(C)COP(=O)([O-])OP(=O)([O-])OC[C@H]1O[C@@H](n2cnc3c(N)ncnc32)[C@@H](O)[C@@H]1OP(=O)([O-])[O-]. The standard InChI is InChI=1S/C38H66N7O20P3S/c1-22(8-6-10-23(2)16-28(48)49)9-7-11-24(3)25(46)17-29(50)69-15-14-40-27(47)12-13-41-36(53)33(52)38(4,5)19-62-68(59,60)65-67(57,58)61-18-26-32(64-66(54,55)56)31(51)37(63-26)45-21-44-30-34(39)42-20-43-35(30)45/h20-26,31-33,37,46,51-52H,6-19H2,1-5H3,(H,40,47)(H,41,53)(H,48,49)(H,57,58)(H,59,60)(H2,39,42,43)(H2,54,55,56)/p-5/t22?,23?,24?,25?,26-,31+,32-,33+,37-/m1/s1. The van der Waals surface area contributed by atoms with Gasteiger partial charge in [0.05, 0.1) is 33.5 Å². The Labute approximate surface area is 402 Å². The van der Waals surface area contributed by atoms with Crippen molar-refractivity contribution in [3.63, 3.8) is 0 Å². The molecule has 69 heavy (non-hydrogen) atoms. The lowest BCUT2D eigenvalue weighted by Gasteiger charge is -2.36. The number of nitrogens with two attached hydrogens (primary N) is 1. The number of fused-ring (bicyclic) bond motifs is 1. The molecule has 7 N–H and O–H groups in total. The van der Waals surface area contributed by atoms with Crippen LogP contribution in [0.2, 0.25) is 0 Å². The van der Waals surface area contributed by atoms with Crippen LogP contribution in [0.1, 0.15) is 98.6 Å². The Hall–Kier alpha value is -3.01. The number of imidazole rings is 1. The van der Waals surface area contributed by atoms with E-state index in [0.717, 1.165) is 67.5 Å². The number of anilines is 1. The van der Waals surface area contributed by atoms with Crippen LogP contribution in [0.5, 0.6) is 0 Å². The summed E-state index contributed by atoms with van der Waals surface area (Å²) in [5.41, 5.74) is 4.02. The molecule has 0 aliphatic carbocycles. The van der Waals surface area contributed by atoms with E-state index in [2.05, 4.69) is 50.4 Å². The average Bonchev–Trinajstić information content (AvgIpc) is 3.80. The fourth-order valence-corrected chi connectivity index (χ4v) is 10.5. The van der Waals surface area contributed by atoms with Crippen molar-refractivity contribution < 1.29 is 95.5 Å². The van der Waals surface area contributed by atoms with Crippen LogP contribution in [-0.2, 0) is 55.5 Å². The van der Waals surface area contributed by atoms with Crippen LogP contribution in [0.4, 0.5) is 5.82 Å². The number of aromatic nitrogens is 4. The van der Waals surface area contributed by atoms with Crippen molar-refractivity contribution in [2.45, 2.75) is 129 Å². The van der Waals surface area contributed by atoms with E-state index in [4.69, 9.17) is 10.5 Å². The molecule has 3 heterocycles. The fourth-order valence-electron chi connectivity index (χ4n) is 7.03. The lowest BCUT2D eigenvalue weighted by Crippen LogP contribution is -2.46. The van der Waals surface area contributed by atoms with Crippen molar-refractivity contribution in [2.24, 2.45) is 23.2 Å². The number of hydrogen-bond donors (Lipinski definition) is 6. The van der Waals surface area contributed by atoms with Gasteiger partial charge in [0, 0.05) is 43.1 Å². The number of aliphatic hydroxyl groups excluding tert-OH is 3. The molecule has 3 rings (SSSR count). The monoisotopic (exact) mass is 1060 g/mol. The molecule has 2 amide bonds. The van der Waals surface area contributed by atoms with E-state index in [1.54, 1.807) is 0 Å². The number of aliphatic hydroxyl groups is 3. The molecule has 11 atom stereocenters. The number of phosphoric ester groups is 3. The van der Waals surface area contributed by atoms with Crippen molar-refractivity contribution in [1.29, 1.82) is 0 Å². The smallest absolute Gasteiger partial charge is 0.274 e. The number of thioether (sulfide) groups is 1. The summed E-state index contributed by atoms with van der Waals surface area (Å²) in [6.07, 6.45) is -3.30. The minimum atomic E-state index is -5.94.